The van der Waals surface area contributed by atoms with Crippen LogP contribution in [0.5, 0.6) is 0 Å². The minimum Gasteiger partial charge on any atom is -0.298 e. The second-order valence-corrected chi connectivity index (χ2v) is 9.10. The minimum absolute atomic E-state index is 0.120. The standard InChI is InChI=1S/C18H22ClF3N2OS/c1-10(2)13-6-4-11(3)8-15(13)25-26-16-9-12(19)5-7-14(16)23-17(24-26)18(20,21)22/h5,7,9-11,13,15H,4,6,8H2,1-3H3/t11-,13+,15-,26?/m1/s1. The fraction of sp³-hybridized carbons (Fsp3) is 0.611. The molecule has 2 aliphatic rings. The van der Waals surface area contributed by atoms with E-state index in [0.717, 1.165) is 19.3 Å². The molecule has 1 aromatic carbocycles. The highest BCUT2D eigenvalue weighted by Gasteiger charge is 2.40. The summed E-state index contributed by atoms with van der Waals surface area (Å²) in [4.78, 5) is 4.18. The number of alkyl halides is 3. The highest BCUT2D eigenvalue weighted by atomic mass is 35.5. The molecule has 3 rings (SSSR count). The lowest BCUT2D eigenvalue weighted by Crippen LogP contribution is -2.35. The van der Waals surface area contributed by atoms with Crippen molar-refractivity contribution in [2.45, 2.75) is 57.2 Å². The number of fused-ring (bicyclic) bond motifs is 1. The van der Waals surface area contributed by atoms with Crippen molar-refractivity contribution in [2.75, 3.05) is 0 Å². The van der Waals surface area contributed by atoms with Gasteiger partial charge in [0.25, 0.3) is 0 Å². The van der Waals surface area contributed by atoms with E-state index in [0.29, 0.717) is 27.7 Å². The van der Waals surface area contributed by atoms with Gasteiger partial charge in [0.2, 0.25) is 5.84 Å². The molecule has 1 aromatic rings. The van der Waals surface area contributed by atoms with Gasteiger partial charge in [-0.3, -0.25) is 4.18 Å². The molecular formula is C18H22ClF3N2OS. The van der Waals surface area contributed by atoms with Crippen LogP contribution in [-0.4, -0.2) is 18.1 Å². The van der Waals surface area contributed by atoms with Crippen molar-refractivity contribution in [2.24, 2.45) is 27.1 Å². The summed E-state index contributed by atoms with van der Waals surface area (Å²) in [6.45, 7) is 6.42. The third-order valence-electron chi connectivity index (χ3n) is 4.94. The molecule has 0 radical (unpaired) electrons. The van der Waals surface area contributed by atoms with Gasteiger partial charge in [-0.05, 0) is 48.8 Å². The summed E-state index contributed by atoms with van der Waals surface area (Å²) in [6.07, 6.45) is -1.76. The van der Waals surface area contributed by atoms with Crippen molar-refractivity contribution in [3.05, 3.63) is 23.2 Å². The van der Waals surface area contributed by atoms with Crippen LogP contribution >= 0.6 is 11.6 Å². The Morgan fingerprint density at radius 2 is 2.00 bits per heavy atom. The first kappa shape index (κ1) is 19.8. The Kier molecular flexibility index (Phi) is 5.80. The van der Waals surface area contributed by atoms with Gasteiger partial charge in [0.05, 0.1) is 27.7 Å². The Bertz CT molecular complexity index is 748. The van der Waals surface area contributed by atoms with Crippen LogP contribution in [0.25, 0.3) is 0 Å². The number of benzene rings is 1. The molecule has 1 aliphatic heterocycles. The molecule has 0 aromatic heterocycles. The number of rotatable bonds is 3. The van der Waals surface area contributed by atoms with Crippen molar-refractivity contribution in [1.82, 2.24) is 0 Å². The van der Waals surface area contributed by atoms with Gasteiger partial charge in [0.15, 0.2) is 0 Å². The summed E-state index contributed by atoms with van der Waals surface area (Å²) >= 11 is 6.05. The van der Waals surface area contributed by atoms with Crippen LogP contribution < -0.4 is 0 Å². The van der Waals surface area contributed by atoms with Crippen LogP contribution in [0.1, 0.15) is 40.0 Å². The number of hydrogen-bond acceptors (Lipinski definition) is 3. The summed E-state index contributed by atoms with van der Waals surface area (Å²) in [6, 6.07) is 4.63. The summed E-state index contributed by atoms with van der Waals surface area (Å²) in [5.74, 6) is 0.0544. The zero-order valence-corrected chi connectivity index (χ0v) is 16.5. The van der Waals surface area contributed by atoms with Gasteiger partial charge < -0.3 is 0 Å². The molecule has 1 unspecified atom stereocenters. The first-order chi connectivity index (χ1) is 12.1. The fourth-order valence-corrected chi connectivity index (χ4v) is 5.27. The van der Waals surface area contributed by atoms with Crippen LogP contribution in [0.3, 0.4) is 0 Å². The van der Waals surface area contributed by atoms with Gasteiger partial charge in [-0.1, -0.05) is 38.8 Å². The van der Waals surface area contributed by atoms with Gasteiger partial charge in [-0.25, -0.2) is 4.99 Å². The topological polar surface area (TPSA) is 34.0 Å². The third kappa shape index (κ3) is 4.31. The van der Waals surface area contributed by atoms with Gasteiger partial charge in [-0.2, -0.15) is 17.5 Å². The van der Waals surface area contributed by atoms with E-state index < -0.39 is 23.0 Å². The Morgan fingerprint density at radius 1 is 1.27 bits per heavy atom. The summed E-state index contributed by atoms with van der Waals surface area (Å²) in [5.41, 5.74) is 0.227. The zero-order valence-electron chi connectivity index (χ0n) is 14.9. The number of nitrogens with zero attached hydrogens (tertiary/aromatic N) is 2. The predicted octanol–water partition coefficient (Wildman–Crippen LogP) is 6.50. The monoisotopic (exact) mass is 406 g/mol. The molecule has 8 heteroatoms. The smallest absolute Gasteiger partial charge is 0.298 e. The highest BCUT2D eigenvalue weighted by Crippen LogP contribution is 2.40. The highest BCUT2D eigenvalue weighted by molar-refractivity contribution is 7.83. The molecule has 0 amide bonds. The predicted molar refractivity (Wildman–Crippen MR) is 98.9 cm³/mol. The van der Waals surface area contributed by atoms with Gasteiger partial charge in [-0.15, -0.1) is 0 Å². The van der Waals surface area contributed by atoms with Crippen LogP contribution in [0, 0.1) is 17.8 Å². The average molecular weight is 407 g/mol. The second kappa shape index (κ2) is 7.60. The quantitative estimate of drug-likeness (QED) is 0.564. The Balaban J connectivity index is 1.98. The van der Waals surface area contributed by atoms with E-state index in [4.69, 9.17) is 15.8 Å². The van der Waals surface area contributed by atoms with Crippen molar-refractivity contribution in [3.63, 3.8) is 0 Å². The van der Waals surface area contributed by atoms with Gasteiger partial charge in [0, 0.05) is 5.02 Å². The van der Waals surface area contributed by atoms with Crippen molar-refractivity contribution >= 4 is 34.1 Å². The van der Waals surface area contributed by atoms with Crippen LogP contribution in [-0.2, 0) is 15.2 Å². The van der Waals surface area contributed by atoms with Gasteiger partial charge in [0.1, 0.15) is 0 Å². The van der Waals surface area contributed by atoms with E-state index in [1.54, 1.807) is 6.07 Å². The lowest BCUT2D eigenvalue weighted by molar-refractivity contribution is -0.0596. The molecule has 3 nitrogen and oxygen atoms in total. The summed E-state index contributed by atoms with van der Waals surface area (Å²) in [7, 11) is -1.37. The molecule has 1 heterocycles. The molecule has 0 bridgehead atoms. The Labute approximate surface area is 159 Å². The van der Waals surface area contributed by atoms with E-state index in [-0.39, 0.29) is 11.8 Å². The Hall–Kier alpha value is -0.920. The molecule has 0 saturated heterocycles. The van der Waals surface area contributed by atoms with Crippen LogP contribution in [0.4, 0.5) is 18.9 Å². The van der Waals surface area contributed by atoms with E-state index in [1.807, 2.05) is 0 Å². The zero-order chi connectivity index (χ0) is 19.1. The lowest BCUT2D eigenvalue weighted by atomic mass is 9.75. The maximum Gasteiger partial charge on any atom is 0.452 e. The maximum atomic E-state index is 13.2. The molecule has 26 heavy (non-hydrogen) atoms. The number of amidine groups is 1. The fourth-order valence-electron chi connectivity index (χ4n) is 3.51. The number of hydrogen-bond donors (Lipinski definition) is 0. The first-order valence-corrected chi connectivity index (χ1v) is 10.2. The van der Waals surface area contributed by atoms with Crippen molar-refractivity contribution < 1.29 is 17.4 Å². The number of aliphatic imine (C=N–C) groups is 1. The van der Waals surface area contributed by atoms with Crippen LogP contribution in [0.2, 0.25) is 5.02 Å². The molecule has 144 valence electrons. The lowest BCUT2D eigenvalue weighted by Gasteiger charge is -2.37. The van der Waals surface area contributed by atoms with E-state index in [1.165, 1.54) is 12.1 Å². The SMILES string of the molecule is CC(C)[C@@H]1CC[C@@H](C)C[C@H]1OS1=NC(C(F)(F)F)=Nc2ccc(Cl)cc21. The average Bonchev–Trinajstić information content (AvgIpc) is 2.54. The first-order valence-electron chi connectivity index (χ1n) is 8.74. The van der Waals surface area contributed by atoms with Crippen LogP contribution in [0.15, 0.2) is 32.4 Å². The van der Waals surface area contributed by atoms with Gasteiger partial charge >= 0.3 is 6.18 Å². The molecule has 0 spiro atoms. The van der Waals surface area contributed by atoms with Crippen molar-refractivity contribution in [3.8, 4) is 0 Å². The Morgan fingerprint density at radius 3 is 2.65 bits per heavy atom. The molecular weight excluding hydrogens is 385 g/mol. The van der Waals surface area contributed by atoms with E-state index >= 15 is 0 Å². The molecule has 4 atom stereocenters. The summed E-state index contributed by atoms with van der Waals surface area (Å²) < 4.78 is 49.7. The van der Waals surface area contributed by atoms with E-state index in [9.17, 15) is 13.2 Å². The molecule has 1 aliphatic carbocycles. The molecule has 0 N–H and O–H groups in total. The molecule has 1 fully saturated rings. The third-order valence-corrected chi connectivity index (χ3v) is 6.64. The minimum atomic E-state index is -4.61. The largest absolute Gasteiger partial charge is 0.452 e. The summed E-state index contributed by atoms with van der Waals surface area (Å²) in [5, 5.41) is 0.433. The molecule has 1 saturated carbocycles. The van der Waals surface area contributed by atoms with E-state index in [2.05, 4.69) is 30.1 Å². The normalized spacial score (nSPS) is 29.2. The maximum absolute atomic E-state index is 13.2. The second-order valence-electron chi connectivity index (χ2n) is 7.35. The number of halogens is 4. The van der Waals surface area contributed by atoms with Crippen molar-refractivity contribution in [1.29, 1.82) is 0 Å².